The van der Waals surface area contributed by atoms with Crippen LogP contribution in [0.5, 0.6) is 0 Å². The first kappa shape index (κ1) is 16.0. The normalized spacial score (nSPS) is 15.8. The van der Waals surface area contributed by atoms with Crippen LogP contribution in [0.4, 0.5) is 0 Å². The number of rotatable bonds is 3. The van der Waals surface area contributed by atoms with Crippen molar-refractivity contribution < 1.29 is 4.79 Å². The van der Waals surface area contributed by atoms with Gasteiger partial charge < -0.3 is 9.47 Å². The number of thiazole rings is 1. The maximum Gasteiger partial charge on any atom is 0.307 e. The molecule has 122 valence electrons. The first-order valence-corrected chi connectivity index (χ1v) is 8.60. The molecular weight excluding hydrogens is 310 g/mol. The standard InChI is InChI=1S/C17H21N3O2S/c1-13-15(23-17(22)18(13)2)16(21)20-10-8-19(9-11-20)12-14-6-4-3-5-7-14/h3-7H,8-12H2,1-2H3. The van der Waals surface area contributed by atoms with Crippen LogP contribution in [0.1, 0.15) is 20.9 Å². The summed E-state index contributed by atoms with van der Waals surface area (Å²) in [7, 11) is 1.71. The van der Waals surface area contributed by atoms with Crippen LogP contribution >= 0.6 is 11.3 Å². The van der Waals surface area contributed by atoms with Gasteiger partial charge in [-0.15, -0.1) is 0 Å². The van der Waals surface area contributed by atoms with Gasteiger partial charge in [-0.1, -0.05) is 41.7 Å². The molecule has 0 bridgehead atoms. The molecule has 1 aromatic carbocycles. The van der Waals surface area contributed by atoms with Crippen molar-refractivity contribution in [2.75, 3.05) is 26.2 Å². The van der Waals surface area contributed by atoms with Gasteiger partial charge >= 0.3 is 4.87 Å². The maximum absolute atomic E-state index is 12.6. The lowest BCUT2D eigenvalue weighted by Crippen LogP contribution is -2.48. The number of nitrogens with zero attached hydrogens (tertiary/aromatic N) is 3. The zero-order valence-corrected chi connectivity index (χ0v) is 14.3. The summed E-state index contributed by atoms with van der Waals surface area (Å²) < 4.78 is 1.55. The second-order valence-electron chi connectivity index (χ2n) is 5.90. The molecule has 1 saturated heterocycles. The number of hydrogen-bond acceptors (Lipinski definition) is 4. The minimum absolute atomic E-state index is 0.00967. The van der Waals surface area contributed by atoms with Gasteiger partial charge in [-0.25, -0.2) is 0 Å². The highest BCUT2D eigenvalue weighted by Gasteiger charge is 2.25. The van der Waals surface area contributed by atoms with Crippen molar-refractivity contribution >= 4 is 17.2 Å². The predicted molar refractivity (Wildman–Crippen MR) is 91.9 cm³/mol. The van der Waals surface area contributed by atoms with Crippen LogP contribution in [0.15, 0.2) is 35.1 Å². The third kappa shape index (κ3) is 3.38. The van der Waals surface area contributed by atoms with Gasteiger partial charge in [0.25, 0.3) is 5.91 Å². The largest absolute Gasteiger partial charge is 0.335 e. The Labute approximate surface area is 139 Å². The molecule has 0 unspecified atom stereocenters. The Kier molecular flexibility index (Phi) is 4.63. The van der Waals surface area contributed by atoms with Gasteiger partial charge in [0.1, 0.15) is 4.88 Å². The molecule has 1 aromatic heterocycles. The lowest BCUT2D eigenvalue weighted by Gasteiger charge is -2.34. The third-order valence-electron chi connectivity index (χ3n) is 4.40. The van der Waals surface area contributed by atoms with E-state index in [0.717, 1.165) is 36.7 Å². The summed E-state index contributed by atoms with van der Waals surface area (Å²) in [5.41, 5.74) is 2.06. The quantitative estimate of drug-likeness (QED) is 0.860. The summed E-state index contributed by atoms with van der Waals surface area (Å²) in [5, 5.41) is 0. The van der Waals surface area contributed by atoms with E-state index in [0.29, 0.717) is 18.0 Å². The van der Waals surface area contributed by atoms with E-state index in [9.17, 15) is 9.59 Å². The summed E-state index contributed by atoms with van der Waals surface area (Å²) >= 11 is 1.05. The fourth-order valence-electron chi connectivity index (χ4n) is 2.81. The molecule has 6 heteroatoms. The molecule has 0 aliphatic carbocycles. The Hall–Kier alpha value is -1.92. The average Bonchev–Trinajstić information content (AvgIpc) is 2.83. The van der Waals surface area contributed by atoms with Gasteiger partial charge in [-0.2, -0.15) is 0 Å². The van der Waals surface area contributed by atoms with E-state index in [1.165, 1.54) is 5.56 Å². The van der Waals surface area contributed by atoms with Gasteiger partial charge in [-0.05, 0) is 12.5 Å². The number of carbonyl (C=O) groups is 1. The fraction of sp³-hybridized carbons (Fsp3) is 0.412. The first-order valence-electron chi connectivity index (χ1n) is 7.78. The van der Waals surface area contributed by atoms with Crippen molar-refractivity contribution in [3.8, 4) is 0 Å². The molecule has 0 N–H and O–H groups in total. The molecule has 0 saturated carbocycles. The highest BCUT2D eigenvalue weighted by Crippen LogP contribution is 2.16. The molecule has 1 aliphatic rings. The Bertz CT molecular complexity index is 743. The molecular formula is C17H21N3O2S. The van der Waals surface area contributed by atoms with Crippen molar-refractivity contribution in [2.24, 2.45) is 7.05 Å². The van der Waals surface area contributed by atoms with Crippen LogP contribution in [-0.2, 0) is 13.6 Å². The predicted octanol–water partition coefficient (Wildman–Crippen LogP) is 1.71. The number of aromatic nitrogens is 1. The fourth-order valence-corrected chi connectivity index (χ4v) is 3.76. The maximum atomic E-state index is 12.6. The molecule has 23 heavy (non-hydrogen) atoms. The zero-order valence-electron chi connectivity index (χ0n) is 13.5. The van der Waals surface area contributed by atoms with Gasteiger partial charge in [0.2, 0.25) is 0 Å². The Morgan fingerprint density at radius 1 is 1.13 bits per heavy atom. The van der Waals surface area contributed by atoms with Crippen LogP contribution < -0.4 is 4.87 Å². The molecule has 0 radical (unpaired) electrons. The Morgan fingerprint density at radius 2 is 1.78 bits per heavy atom. The molecule has 0 spiro atoms. The third-order valence-corrected chi connectivity index (χ3v) is 5.52. The zero-order chi connectivity index (χ0) is 16.4. The number of benzene rings is 1. The van der Waals surface area contributed by atoms with Crippen molar-refractivity contribution in [3.63, 3.8) is 0 Å². The lowest BCUT2D eigenvalue weighted by molar-refractivity contribution is 0.0632. The molecule has 0 atom stereocenters. The SMILES string of the molecule is Cc1c(C(=O)N2CCN(Cc3ccccc3)CC2)sc(=O)n1C. The minimum Gasteiger partial charge on any atom is -0.335 e. The van der Waals surface area contributed by atoms with Gasteiger partial charge in [-0.3, -0.25) is 14.5 Å². The Balaban J connectivity index is 1.61. The molecule has 1 aliphatic heterocycles. The summed E-state index contributed by atoms with van der Waals surface area (Å²) in [6.07, 6.45) is 0. The molecule has 2 heterocycles. The second kappa shape index (κ2) is 6.68. The number of amides is 1. The number of carbonyl (C=O) groups excluding carboxylic acids is 1. The molecule has 1 fully saturated rings. The van der Waals surface area contributed by atoms with Gasteiger partial charge in [0.15, 0.2) is 0 Å². The molecule has 3 rings (SSSR count). The average molecular weight is 331 g/mol. The van der Waals surface area contributed by atoms with Crippen LogP contribution in [0.25, 0.3) is 0 Å². The van der Waals surface area contributed by atoms with E-state index in [-0.39, 0.29) is 10.8 Å². The second-order valence-corrected chi connectivity index (χ2v) is 6.86. The highest BCUT2D eigenvalue weighted by molar-refractivity contribution is 7.11. The van der Waals surface area contributed by atoms with Crippen molar-refractivity contribution in [1.29, 1.82) is 0 Å². The van der Waals surface area contributed by atoms with Gasteiger partial charge in [0, 0.05) is 45.5 Å². The van der Waals surface area contributed by atoms with E-state index in [2.05, 4.69) is 29.2 Å². The van der Waals surface area contributed by atoms with E-state index in [4.69, 9.17) is 0 Å². The van der Waals surface area contributed by atoms with Crippen LogP contribution in [0, 0.1) is 6.92 Å². The molecule has 5 nitrogen and oxygen atoms in total. The topological polar surface area (TPSA) is 45.6 Å². The van der Waals surface area contributed by atoms with Crippen molar-refractivity contribution in [3.05, 3.63) is 56.1 Å². The van der Waals surface area contributed by atoms with E-state index in [1.807, 2.05) is 17.9 Å². The van der Waals surface area contributed by atoms with Gasteiger partial charge in [0.05, 0.1) is 0 Å². The number of piperazine rings is 1. The molecule has 2 aromatic rings. The summed E-state index contributed by atoms with van der Waals surface area (Å²) in [6, 6.07) is 10.4. The van der Waals surface area contributed by atoms with E-state index >= 15 is 0 Å². The lowest BCUT2D eigenvalue weighted by atomic mass is 10.2. The smallest absolute Gasteiger partial charge is 0.307 e. The minimum atomic E-state index is -0.0754. The number of hydrogen-bond donors (Lipinski definition) is 0. The Morgan fingerprint density at radius 3 is 2.35 bits per heavy atom. The van der Waals surface area contributed by atoms with Crippen LogP contribution in [0.2, 0.25) is 0 Å². The summed E-state index contributed by atoms with van der Waals surface area (Å²) in [4.78, 5) is 29.0. The highest BCUT2D eigenvalue weighted by atomic mass is 32.1. The van der Waals surface area contributed by atoms with Crippen LogP contribution in [-0.4, -0.2) is 46.5 Å². The van der Waals surface area contributed by atoms with E-state index < -0.39 is 0 Å². The summed E-state index contributed by atoms with van der Waals surface area (Å²) in [5.74, 6) is -0.00967. The summed E-state index contributed by atoms with van der Waals surface area (Å²) in [6.45, 7) is 5.89. The van der Waals surface area contributed by atoms with E-state index in [1.54, 1.807) is 11.6 Å². The van der Waals surface area contributed by atoms with Crippen molar-refractivity contribution in [2.45, 2.75) is 13.5 Å². The molecule has 1 amide bonds. The van der Waals surface area contributed by atoms with Crippen molar-refractivity contribution in [1.82, 2.24) is 14.4 Å². The monoisotopic (exact) mass is 331 g/mol. The van der Waals surface area contributed by atoms with Crippen LogP contribution in [0.3, 0.4) is 0 Å². The first-order chi connectivity index (χ1) is 11.1.